The zero-order chi connectivity index (χ0) is 4.28. The van der Waals surface area contributed by atoms with Crippen LogP contribution in [0.1, 0.15) is 6.92 Å². The molecular formula is C2H4F2Ti. The number of halogens is 2. The Morgan fingerprint density at radius 2 is 1.80 bits per heavy atom. The van der Waals surface area contributed by atoms with E-state index in [1.54, 1.807) is 0 Å². The second-order valence-corrected chi connectivity index (χ2v) is 2.38. The summed E-state index contributed by atoms with van der Waals surface area (Å²) in [5.41, 5.74) is 0. The van der Waals surface area contributed by atoms with Crippen molar-refractivity contribution in [1.29, 1.82) is 0 Å². The first kappa shape index (κ1) is 5.44. The van der Waals surface area contributed by atoms with E-state index in [0.717, 1.165) is 4.31 Å². The van der Waals surface area contributed by atoms with Crippen molar-refractivity contribution in [3.63, 3.8) is 0 Å². The Bertz CT molecular complexity index is 45.6. The van der Waals surface area contributed by atoms with Crippen molar-refractivity contribution in [1.82, 2.24) is 0 Å². The molecule has 0 radical (unpaired) electrons. The van der Waals surface area contributed by atoms with Gasteiger partial charge in [-0.3, -0.25) is 0 Å². The monoisotopic (exact) mass is 114 g/mol. The minimum absolute atomic E-state index is 1.00. The predicted molar refractivity (Wildman–Crippen MR) is 14.0 cm³/mol. The van der Waals surface area contributed by atoms with Crippen molar-refractivity contribution in [3.05, 3.63) is 0 Å². The molecule has 0 saturated heterocycles. The molecule has 3 heteroatoms. The Kier molecular flexibility index (Phi) is 2.91. The van der Waals surface area contributed by atoms with Crippen molar-refractivity contribution in [2.24, 2.45) is 0 Å². The molecule has 0 aromatic rings. The summed E-state index contributed by atoms with van der Waals surface area (Å²) < 4.78 is 22.8. The zero-order valence-electron chi connectivity index (χ0n) is 2.83. The van der Waals surface area contributed by atoms with Crippen LogP contribution in [0.3, 0.4) is 0 Å². The van der Waals surface area contributed by atoms with E-state index in [1.165, 1.54) is 6.92 Å². The van der Waals surface area contributed by atoms with Crippen molar-refractivity contribution in [2.75, 3.05) is 0 Å². The summed E-state index contributed by atoms with van der Waals surface area (Å²) in [6, 6.07) is 0. The summed E-state index contributed by atoms with van der Waals surface area (Å²) in [5.74, 6) is 0. The zero-order valence-corrected chi connectivity index (χ0v) is 4.39. The fourth-order valence-corrected chi connectivity index (χ4v) is 0. The molecule has 0 amide bonds. The molecule has 0 aromatic heterocycles. The van der Waals surface area contributed by atoms with Crippen LogP contribution in [0.15, 0.2) is 0 Å². The molecular weight excluding hydrogens is 110 g/mol. The maximum absolute atomic E-state index is 10.9. The van der Waals surface area contributed by atoms with Gasteiger partial charge in [0.05, 0.1) is 0 Å². The van der Waals surface area contributed by atoms with Crippen LogP contribution in [0, 0.1) is 0 Å². The molecule has 0 aliphatic rings. The minimum atomic E-state index is -3.48. The molecule has 0 aromatic carbocycles. The SMILES string of the molecule is C[CH]=[Ti]([F])[F]. The molecule has 0 aliphatic heterocycles. The Hall–Kier alpha value is 0.444. The van der Waals surface area contributed by atoms with Gasteiger partial charge in [-0.05, 0) is 0 Å². The van der Waals surface area contributed by atoms with Crippen molar-refractivity contribution in [2.45, 2.75) is 6.92 Å². The summed E-state index contributed by atoms with van der Waals surface area (Å²) >= 11 is -3.48. The molecule has 0 saturated carbocycles. The van der Waals surface area contributed by atoms with Crippen LogP contribution in [0.4, 0.5) is 6.18 Å². The molecule has 30 valence electrons. The summed E-state index contributed by atoms with van der Waals surface area (Å²) in [7, 11) is 0. The summed E-state index contributed by atoms with van der Waals surface area (Å²) in [4.78, 5) is 0. The van der Waals surface area contributed by atoms with Crippen LogP contribution in [-0.4, -0.2) is 4.31 Å². The summed E-state index contributed by atoms with van der Waals surface area (Å²) in [6.07, 6.45) is 0. The number of rotatable bonds is 0. The molecule has 0 fully saturated rings. The average Bonchev–Trinajstić information content (AvgIpc) is 1.38. The molecule has 0 unspecified atom stereocenters. The first-order chi connectivity index (χ1) is 2.27. The van der Waals surface area contributed by atoms with Crippen LogP contribution < -0.4 is 0 Å². The molecule has 0 N–H and O–H groups in total. The van der Waals surface area contributed by atoms with Crippen LogP contribution in [0.25, 0.3) is 0 Å². The van der Waals surface area contributed by atoms with Crippen molar-refractivity contribution < 1.29 is 24.7 Å². The van der Waals surface area contributed by atoms with Gasteiger partial charge in [-0.15, -0.1) is 0 Å². The third kappa shape index (κ3) is 4.44. The molecule has 0 nitrogen and oxygen atoms in total. The van der Waals surface area contributed by atoms with E-state index in [9.17, 15) is 6.18 Å². The van der Waals surface area contributed by atoms with Crippen LogP contribution in [-0.2, 0) is 18.5 Å². The normalized spacial score (nSPS) is 7.00. The van der Waals surface area contributed by atoms with Gasteiger partial charge in [0.25, 0.3) is 0 Å². The first-order valence-electron chi connectivity index (χ1n) is 1.24. The molecule has 0 bridgehead atoms. The fourth-order valence-electron chi connectivity index (χ4n) is 0. The van der Waals surface area contributed by atoms with E-state index >= 15 is 0 Å². The van der Waals surface area contributed by atoms with Crippen LogP contribution >= 0.6 is 0 Å². The van der Waals surface area contributed by atoms with Gasteiger partial charge in [-0.2, -0.15) is 0 Å². The topological polar surface area (TPSA) is 0 Å². The second-order valence-electron chi connectivity index (χ2n) is 0.578. The van der Waals surface area contributed by atoms with Gasteiger partial charge >= 0.3 is 35.9 Å². The summed E-state index contributed by atoms with van der Waals surface area (Å²) in [5, 5.41) is 0. The Balaban J connectivity index is 3.14. The molecule has 0 spiro atoms. The fraction of sp³-hybridized carbons (Fsp3) is 0.500. The second kappa shape index (κ2) is 2.67. The number of hydrogen-bond donors (Lipinski definition) is 0. The van der Waals surface area contributed by atoms with Crippen molar-refractivity contribution >= 4 is 4.31 Å². The Labute approximate surface area is 36.5 Å². The van der Waals surface area contributed by atoms with E-state index in [1.807, 2.05) is 0 Å². The Morgan fingerprint density at radius 1 is 1.60 bits per heavy atom. The van der Waals surface area contributed by atoms with Gasteiger partial charge in [0.1, 0.15) is 0 Å². The third-order valence-electron chi connectivity index (χ3n) is 0.218. The van der Waals surface area contributed by atoms with Gasteiger partial charge in [-0.25, -0.2) is 0 Å². The predicted octanol–water partition coefficient (Wildman–Crippen LogP) is 1.20. The number of hydrogen-bond acceptors (Lipinski definition) is 0. The van der Waals surface area contributed by atoms with E-state index in [-0.39, 0.29) is 0 Å². The van der Waals surface area contributed by atoms with E-state index < -0.39 is 18.5 Å². The third-order valence-corrected chi connectivity index (χ3v) is 0.900. The summed E-state index contributed by atoms with van der Waals surface area (Å²) in [6.45, 7) is 1.40. The Morgan fingerprint density at radius 3 is 1.80 bits per heavy atom. The van der Waals surface area contributed by atoms with E-state index in [4.69, 9.17) is 0 Å². The molecule has 5 heavy (non-hydrogen) atoms. The van der Waals surface area contributed by atoms with Gasteiger partial charge in [0.15, 0.2) is 0 Å². The quantitative estimate of drug-likeness (QED) is 0.415. The molecule has 0 aliphatic carbocycles. The average molecular weight is 114 g/mol. The molecule has 0 rings (SSSR count). The van der Waals surface area contributed by atoms with Crippen LogP contribution in [0.5, 0.6) is 0 Å². The molecule has 0 atom stereocenters. The van der Waals surface area contributed by atoms with Gasteiger partial charge in [0, 0.05) is 0 Å². The van der Waals surface area contributed by atoms with Crippen molar-refractivity contribution in [3.8, 4) is 0 Å². The van der Waals surface area contributed by atoms with Gasteiger partial charge in [0.2, 0.25) is 0 Å². The van der Waals surface area contributed by atoms with Gasteiger partial charge in [-0.1, -0.05) is 0 Å². The van der Waals surface area contributed by atoms with Crippen LogP contribution in [0.2, 0.25) is 0 Å². The van der Waals surface area contributed by atoms with E-state index in [0.29, 0.717) is 0 Å². The van der Waals surface area contributed by atoms with E-state index in [2.05, 4.69) is 0 Å². The molecule has 0 heterocycles. The standard InChI is InChI=1S/C2H4.2FH.Ti/c1-2;;;/h1H,2H3;2*1H;/q;;;+2/p-2. The first-order valence-corrected chi connectivity index (χ1v) is 3.33. The van der Waals surface area contributed by atoms with Gasteiger partial charge < -0.3 is 0 Å². The maximum atomic E-state index is 10.9.